The van der Waals surface area contributed by atoms with Crippen LogP contribution in [0.4, 0.5) is 0 Å². The van der Waals surface area contributed by atoms with Crippen molar-refractivity contribution < 1.29 is 13.9 Å². The fourth-order valence-electron chi connectivity index (χ4n) is 1.52. The minimum absolute atomic E-state index is 0.262. The Morgan fingerprint density at radius 2 is 2.40 bits per heavy atom. The molecular weight excluding hydrogens is 194 g/mol. The van der Waals surface area contributed by atoms with Crippen molar-refractivity contribution in [1.29, 1.82) is 0 Å². The predicted octanol–water partition coefficient (Wildman–Crippen LogP) is 1.56. The lowest BCUT2D eigenvalue weighted by molar-refractivity contribution is 0.0563. The van der Waals surface area contributed by atoms with Crippen molar-refractivity contribution in [1.82, 2.24) is 5.32 Å². The van der Waals surface area contributed by atoms with Crippen molar-refractivity contribution in [2.75, 3.05) is 7.11 Å². The predicted molar refractivity (Wildman–Crippen MR) is 54.5 cm³/mol. The highest BCUT2D eigenvalue weighted by molar-refractivity contribution is 5.86. The third kappa shape index (κ3) is 2.39. The molecule has 1 aliphatic carbocycles. The van der Waals surface area contributed by atoms with E-state index in [0.29, 0.717) is 12.6 Å². The van der Waals surface area contributed by atoms with Gasteiger partial charge >= 0.3 is 5.97 Å². The molecule has 1 heterocycles. The molecule has 1 saturated carbocycles. The van der Waals surface area contributed by atoms with Crippen LogP contribution in [-0.4, -0.2) is 19.1 Å². The summed E-state index contributed by atoms with van der Waals surface area (Å²) in [5.41, 5.74) is 0. The minimum atomic E-state index is -0.430. The van der Waals surface area contributed by atoms with E-state index in [1.165, 1.54) is 13.5 Å². The maximum atomic E-state index is 11.1. The Bertz CT molecular complexity index is 358. The topological polar surface area (TPSA) is 51.5 Å². The summed E-state index contributed by atoms with van der Waals surface area (Å²) in [5, 5.41) is 3.35. The van der Waals surface area contributed by atoms with Crippen molar-refractivity contribution in [2.45, 2.75) is 25.9 Å². The van der Waals surface area contributed by atoms with Gasteiger partial charge in [0.25, 0.3) is 0 Å². The van der Waals surface area contributed by atoms with Crippen LogP contribution in [0.15, 0.2) is 16.5 Å². The first kappa shape index (κ1) is 10.2. The van der Waals surface area contributed by atoms with Crippen LogP contribution >= 0.6 is 0 Å². The van der Waals surface area contributed by atoms with Gasteiger partial charge in [0.1, 0.15) is 5.76 Å². The summed E-state index contributed by atoms with van der Waals surface area (Å²) < 4.78 is 9.86. The number of rotatable bonds is 4. The lowest BCUT2D eigenvalue weighted by Crippen LogP contribution is -2.16. The summed E-state index contributed by atoms with van der Waals surface area (Å²) in [5.74, 6) is 1.37. The molecule has 0 amide bonds. The Morgan fingerprint density at radius 3 is 3.00 bits per heavy atom. The summed E-state index contributed by atoms with van der Waals surface area (Å²) in [6.45, 7) is 2.88. The van der Waals surface area contributed by atoms with E-state index in [1.807, 2.05) is 0 Å². The van der Waals surface area contributed by atoms with Gasteiger partial charge in [-0.1, -0.05) is 6.92 Å². The van der Waals surface area contributed by atoms with Gasteiger partial charge in [-0.15, -0.1) is 0 Å². The van der Waals surface area contributed by atoms with E-state index < -0.39 is 5.97 Å². The first-order chi connectivity index (χ1) is 7.20. The first-order valence-electron chi connectivity index (χ1n) is 5.11. The molecule has 1 aromatic rings. The molecule has 0 aliphatic heterocycles. The van der Waals surface area contributed by atoms with Gasteiger partial charge in [0.2, 0.25) is 5.76 Å². The van der Waals surface area contributed by atoms with Gasteiger partial charge in [-0.25, -0.2) is 4.79 Å². The lowest BCUT2D eigenvalue weighted by atomic mass is 10.4. The van der Waals surface area contributed by atoms with E-state index in [9.17, 15) is 4.79 Å². The lowest BCUT2D eigenvalue weighted by Gasteiger charge is -1.99. The number of esters is 1. The van der Waals surface area contributed by atoms with E-state index in [0.717, 1.165) is 11.7 Å². The van der Waals surface area contributed by atoms with E-state index in [2.05, 4.69) is 17.0 Å². The molecule has 2 rings (SSSR count). The van der Waals surface area contributed by atoms with Gasteiger partial charge in [-0.2, -0.15) is 0 Å². The standard InChI is InChI=1S/C11H15NO3/c1-7-5-9(7)12-6-8-3-4-10(15-8)11(13)14-2/h3-4,7,9,12H,5-6H2,1-2H3. The average Bonchev–Trinajstić information content (AvgIpc) is 2.77. The van der Waals surface area contributed by atoms with E-state index in [4.69, 9.17) is 4.42 Å². The molecule has 82 valence electrons. The van der Waals surface area contributed by atoms with Crippen LogP contribution in [0.5, 0.6) is 0 Å². The molecule has 0 spiro atoms. The number of hydrogen-bond donors (Lipinski definition) is 1. The van der Waals surface area contributed by atoms with Gasteiger partial charge in [0.15, 0.2) is 0 Å². The van der Waals surface area contributed by atoms with Crippen molar-refractivity contribution >= 4 is 5.97 Å². The Labute approximate surface area is 88.6 Å². The molecule has 0 radical (unpaired) electrons. The largest absolute Gasteiger partial charge is 0.463 e. The molecular formula is C11H15NO3. The van der Waals surface area contributed by atoms with E-state index >= 15 is 0 Å². The van der Waals surface area contributed by atoms with Crippen LogP contribution in [0, 0.1) is 5.92 Å². The summed E-state index contributed by atoms with van der Waals surface area (Å²) >= 11 is 0. The molecule has 0 bridgehead atoms. The second-order valence-electron chi connectivity index (χ2n) is 3.96. The highest BCUT2D eigenvalue weighted by atomic mass is 16.5. The Kier molecular flexibility index (Phi) is 2.77. The van der Waals surface area contributed by atoms with E-state index in [1.54, 1.807) is 12.1 Å². The van der Waals surface area contributed by atoms with Crippen molar-refractivity contribution in [2.24, 2.45) is 5.92 Å². The summed E-state index contributed by atoms with van der Waals surface area (Å²) in [6, 6.07) is 4.04. The Morgan fingerprint density at radius 1 is 1.67 bits per heavy atom. The quantitative estimate of drug-likeness (QED) is 0.765. The number of nitrogens with one attached hydrogen (secondary N) is 1. The highest BCUT2D eigenvalue weighted by Crippen LogP contribution is 2.29. The summed E-state index contributed by atoms with van der Waals surface area (Å²) in [7, 11) is 1.34. The van der Waals surface area contributed by atoms with Crippen LogP contribution in [0.3, 0.4) is 0 Å². The monoisotopic (exact) mass is 209 g/mol. The number of furan rings is 1. The van der Waals surface area contributed by atoms with Gasteiger partial charge in [-0.3, -0.25) is 0 Å². The smallest absolute Gasteiger partial charge is 0.373 e. The molecule has 1 aromatic heterocycles. The van der Waals surface area contributed by atoms with Crippen LogP contribution in [0.25, 0.3) is 0 Å². The van der Waals surface area contributed by atoms with Gasteiger partial charge < -0.3 is 14.5 Å². The average molecular weight is 209 g/mol. The summed E-state index contributed by atoms with van der Waals surface area (Å²) in [6.07, 6.45) is 1.23. The second-order valence-corrected chi connectivity index (χ2v) is 3.96. The SMILES string of the molecule is COC(=O)c1ccc(CNC2CC2C)o1. The molecule has 15 heavy (non-hydrogen) atoms. The summed E-state index contributed by atoms with van der Waals surface area (Å²) in [4.78, 5) is 11.1. The van der Waals surface area contributed by atoms with Gasteiger partial charge in [-0.05, 0) is 24.5 Å². The van der Waals surface area contributed by atoms with E-state index in [-0.39, 0.29) is 5.76 Å². The third-order valence-electron chi connectivity index (χ3n) is 2.70. The number of methoxy groups -OCH3 is 1. The zero-order chi connectivity index (χ0) is 10.8. The van der Waals surface area contributed by atoms with Crippen LogP contribution in [0.2, 0.25) is 0 Å². The van der Waals surface area contributed by atoms with Crippen molar-refractivity contribution in [3.8, 4) is 0 Å². The maximum Gasteiger partial charge on any atom is 0.373 e. The fraction of sp³-hybridized carbons (Fsp3) is 0.545. The van der Waals surface area contributed by atoms with Crippen LogP contribution in [-0.2, 0) is 11.3 Å². The van der Waals surface area contributed by atoms with Crippen LogP contribution < -0.4 is 5.32 Å². The zero-order valence-corrected chi connectivity index (χ0v) is 8.95. The Hall–Kier alpha value is -1.29. The number of ether oxygens (including phenoxy) is 1. The first-order valence-corrected chi connectivity index (χ1v) is 5.11. The molecule has 0 saturated heterocycles. The maximum absolute atomic E-state index is 11.1. The molecule has 1 aliphatic rings. The molecule has 1 N–H and O–H groups in total. The zero-order valence-electron chi connectivity index (χ0n) is 8.95. The highest BCUT2D eigenvalue weighted by Gasteiger charge is 2.31. The normalized spacial score (nSPS) is 23.9. The van der Waals surface area contributed by atoms with Gasteiger partial charge in [0, 0.05) is 6.04 Å². The molecule has 4 nitrogen and oxygen atoms in total. The van der Waals surface area contributed by atoms with Crippen molar-refractivity contribution in [3.63, 3.8) is 0 Å². The number of carbonyl (C=O) groups excluding carboxylic acids is 1. The number of carbonyl (C=O) groups is 1. The number of hydrogen-bond acceptors (Lipinski definition) is 4. The minimum Gasteiger partial charge on any atom is -0.463 e. The molecule has 2 atom stereocenters. The molecule has 0 aromatic carbocycles. The molecule has 4 heteroatoms. The third-order valence-corrected chi connectivity index (χ3v) is 2.70. The van der Waals surface area contributed by atoms with Gasteiger partial charge in [0.05, 0.1) is 13.7 Å². The van der Waals surface area contributed by atoms with Crippen LogP contribution in [0.1, 0.15) is 29.7 Å². The molecule has 2 unspecified atom stereocenters. The fourth-order valence-corrected chi connectivity index (χ4v) is 1.52. The Balaban J connectivity index is 1.86. The van der Waals surface area contributed by atoms with Crippen molar-refractivity contribution in [3.05, 3.63) is 23.7 Å². The second kappa shape index (κ2) is 4.06. The molecule has 1 fully saturated rings.